The Morgan fingerprint density at radius 2 is 2.11 bits per heavy atom. The van der Waals surface area contributed by atoms with Gasteiger partial charge in [0.2, 0.25) is 0 Å². The molecule has 2 nitrogen and oxygen atoms in total. The second kappa shape index (κ2) is 7.30. The summed E-state index contributed by atoms with van der Waals surface area (Å²) in [5.74, 6) is 1.71. The number of hydrogen-bond acceptors (Lipinski definition) is 2. The van der Waals surface area contributed by atoms with Crippen molar-refractivity contribution >= 4 is 15.9 Å². The van der Waals surface area contributed by atoms with E-state index in [0.29, 0.717) is 6.10 Å². The molecule has 1 aromatic rings. The minimum atomic E-state index is 0.394. The van der Waals surface area contributed by atoms with Gasteiger partial charge in [-0.3, -0.25) is 0 Å². The predicted molar refractivity (Wildman–Crippen MR) is 83.6 cm³/mol. The Labute approximate surface area is 125 Å². The molecule has 0 aliphatic heterocycles. The number of halogens is 1. The Morgan fingerprint density at radius 3 is 2.79 bits per heavy atom. The largest absolute Gasteiger partial charge is 0.489 e. The van der Waals surface area contributed by atoms with E-state index < -0.39 is 0 Å². The fourth-order valence-corrected chi connectivity index (χ4v) is 3.43. The lowest BCUT2D eigenvalue weighted by atomic mass is 9.85. The maximum atomic E-state index is 6.26. The first-order valence-electron chi connectivity index (χ1n) is 7.34. The summed E-state index contributed by atoms with van der Waals surface area (Å²) in [7, 11) is 1.96. The first kappa shape index (κ1) is 14.9. The number of rotatable bonds is 5. The summed E-state index contributed by atoms with van der Waals surface area (Å²) < 4.78 is 7.33. The van der Waals surface area contributed by atoms with Crippen LogP contribution in [-0.2, 0) is 6.54 Å². The molecule has 1 saturated carbocycles. The summed E-state index contributed by atoms with van der Waals surface area (Å²) in [6, 6.07) is 6.38. The normalized spacial score (nSPS) is 23.3. The first-order valence-corrected chi connectivity index (χ1v) is 8.13. The Bertz CT molecular complexity index is 408. The van der Waals surface area contributed by atoms with Gasteiger partial charge in [0.1, 0.15) is 11.9 Å². The van der Waals surface area contributed by atoms with E-state index in [0.717, 1.165) is 22.7 Å². The number of hydrogen-bond donors (Lipinski definition) is 1. The van der Waals surface area contributed by atoms with Crippen molar-refractivity contribution < 1.29 is 4.74 Å². The quantitative estimate of drug-likeness (QED) is 0.859. The number of nitrogens with one attached hydrogen (secondary N) is 1. The van der Waals surface area contributed by atoms with Crippen LogP contribution in [0.25, 0.3) is 0 Å². The molecule has 0 saturated heterocycles. The molecular weight excluding hydrogens is 302 g/mol. The van der Waals surface area contributed by atoms with Crippen LogP contribution in [0.2, 0.25) is 0 Å². The number of benzene rings is 1. The molecular formula is C16H24BrNO. The Hall–Kier alpha value is -0.540. The molecule has 2 rings (SSSR count). The van der Waals surface area contributed by atoms with E-state index in [1.807, 2.05) is 7.05 Å². The minimum absolute atomic E-state index is 0.394. The van der Waals surface area contributed by atoms with Gasteiger partial charge in [0, 0.05) is 6.54 Å². The second-order valence-corrected chi connectivity index (χ2v) is 6.26. The molecule has 0 radical (unpaired) electrons. The van der Waals surface area contributed by atoms with Gasteiger partial charge in [0.15, 0.2) is 0 Å². The van der Waals surface area contributed by atoms with Crippen molar-refractivity contribution in [2.24, 2.45) is 5.92 Å². The van der Waals surface area contributed by atoms with Gasteiger partial charge in [0.05, 0.1) is 4.47 Å². The van der Waals surface area contributed by atoms with Crippen molar-refractivity contribution in [2.45, 2.75) is 51.7 Å². The Kier molecular flexibility index (Phi) is 5.71. The fourth-order valence-electron chi connectivity index (χ4n) is 2.91. The monoisotopic (exact) mass is 325 g/mol. The Balaban J connectivity index is 2.05. The highest BCUT2D eigenvalue weighted by atomic mass is 79.9. The molecule has 0 amide bonds. The lowest BCUT2D eigenvalue weighted by Crippen LogP contribution is -2.30. The highest BCUT2D eigenvalue weighted by molar-refractivity contribution is 9.10. The standard InChI is InChI=1S/C16H24BrNO/c1-3-13-6-4-5-7-15(13)19-16-9-8-12(11-18-2)10-14(16)17/h8-10,13,15,18H,3-7,11H2,1-2H3. The average Bonchev–Trinajstić information content (AvgIpc) is 2.43. The van der Waals surface area contributed by atoms with Gasteiger partial charge < -0.3 is 10.1 Å². The summed E-state index contributed by atoms with van der Waals surface area (Å²) in [6.45, 7) is 3.16. The highest BCUT2D eigenvalue weighted by Gasteiger charge is 2.25. The second-order valence-electron chi connectivity index (χ2n) is 5.40. The number of ether oxygens (including phenoxy) is 1. The molecule has 0 bridgehead atoms. The first-order chi connectivity index (χ1) is 9.24. The molecule has 1 aliphatic rings. The summed E-state index contributed by atoms with van der Waals surface area (Å²) in [5.41, 5.74) is 1.28. The van der Waals surface area contributed by atoms with Crippen LogP contribution in [-0.4, -0.2) is 13.2 Å². The van der Waals surface area contributed by atoms with E-state index in [4.69, 9.17) is 4.74 Å². The van der Waals surface area contributed by atoms with Crippen LogP contribution in [0.1, 0.15) is 44.6 Å². The lowest BCUT2D eigenvalue weighted by molar-refractivity contribution is 0.0896. The predicted octanol–water partition coefficient (Wildman–Crippen LogP) is 4.52. The fraction of sp³-hybridized carbons (Fsp3) is 0.625. The van der Waals surface area contributed by atoms with Crippen LogP contribution in [0.3, 0.4) is 0 Å². The molecule has 1 fully saturated rings. The van der Waals surface area contributed by atoms with Gasteiger partial charge >= 0.3 is 0 Å². The van der Waals surface area contributed by atoms with Crippen molar-refractivity contribution in [1.29, 1.82) is 0 Å². The third kappa shape index (κ3) is 3.96. The summed E-state index contributed by atoms with van der Waals surface area (Å²) in [5, 5.41) is 3.17. The van der Waals surface area contributed by atoms with Gasteiger partial charge in [-0.2, -0.15) is 0 Å². The smallest absolute Gasteiger partial charge is 0.133 e. The molecule has 0 heterocycles. The van der Waals surface area contributed by atoms with Crippen LogP contribution >= 0.6 is 15.9 Å². The van der Waals surface area contributed by atoms with Crippen molar-refractivity contribution in [1.82, 2.24) is 5.32 Å². The molecule has 1 aromatic carbocycles. The molecule has 1 N–H and O–H groups in total. The van der Waals surface area contributed by atoms with E-state index in [9.17, 15) is 0 Å². The maximum Gasteiger partial charge on any atom is 0.133 e. The van der Waals surface area contributed by atoms with E-state index in [2.05, 4.69) is 46.4 Å². The molecule has 106 valence electrons. The van der Waals surface area contributed by atoms with Gasteiger partial charge in [-0.25, -0.2) is 0 Å². The SMILES string of the molecule is CCC1CCCCC1Oc1ccc(CNC)cc1Br. The van der Waals surface area contributed by atoms with Crippen LogP contribution < -0.4 is 10.1 Å². The third-order valence-corrected chi connectivity index (χ3v) is 4.64. The van der Waals surface area contributed by atoms with E-state index in [-0.39, 0.29) is 0 Å². The highest BCUT2D eigenvalue weighted by Crippen LogP contribution is 2.33. The Morgan fingerprint density at radius 1 is 1.32 bits per heavy atom. The van der Waals surface area contributed by atoms with Crippen molar-refractivity contribution in [3.05, 3.63) is 28.2 Å². The summed E-state index contributed by atoms with van der Waals surface area (Å²) in [6.07, 6.45) is 6.79. The molecule has 2 unspecified atom stereocenters. The van der Waals surface area contributed by atoms with Crippen molar-refractivity contribution in [3.63, 3.8) is 0 Å². The average molecular weight is 326 g/mol. The zero-order chi connectivity index (χ0) is 13.7. The van der Waals surface area contributed by atoms with Crippen LogP contribution in [0, 0.1) is 5.92 Å². The molecule has 0 spiro atoms. The van der Waals surface area contributed by atoms with Crippen LogP contribution in [0.5, 0.6) is 5.75 Å². The van der Waals surface area contributed by atoms with E-state index in [1.165, 1.54) is 37.7 Å². The molecule has 1 aliphatic carbocycles. The summed E-state index contributed by atoms with van der Waals surface area (Å²) >= 11 is 3.63. The van der Waals surface area contributed by atoms with Crippen LogP contribution in [0.4, 0.5) is 0 Å². The molecule has 19 heavy (non-hydrogen) atoms. The zero-order valence-electron chi connectivity index (χ0n) is 11.9. The molecule has 0 aromatic heterocycles. The topological polar surface area (TPSA) is 21.3 Å². The van der Waals surface area contributed by atoms with Crippen molar-refractivity contribution in [3.8, 4) is 5.75 Å². The molecule has 3 heteroatoms. The van der Waals surface area contributed by atoms with Gasteiger partial charge in [0.25, 0.3) is 0 Å². The van der Waals surface area contributed by atoms with Gasteiger partial charge in [-0.05, 0) is 72.3 Å². The van der Waals surface area contributed by atoms with Crippen molar-refractivity contribution in [2.75, 3.05) is 7.05 Å². The minimum Gasteiger partial charge on any atom is -0.489 e. The van der Waals surface area contributed by atoms with E-state index in [1.54, 1.807) is 0 Å². The maximum absolute atomic E-state index is 6.26. The molecule has 2 atom stereocenters. The zero-order valence-corrected chi connectivity index (χ0v) is 13.5. The van der Waals surface area contributed by atoms with Gasteiger partial charge in [-0.15, -0.1) is 0 Å². The van der Waals surface area contributed by atoms with E-state index >= 15 is 0 Å². The third-order valence-electron chi connectivity index (χ3n) is 4.02. The lowest BCUT2D eigenvalue weighted by Gasteiger charge is -2.31. The van der Waals surface area contributed by atoms with Gasteiger partial charge in [-0.1, -0.05) is 19.4 Å². The van der Waals surface area contributed by atoms with Crippen LogP contribution in [0.15, 0.2) is 22.7 Å². The summed E-state index contributed by atoms with van der Waals surface area (Å²) in [4.78, 5) is 0.